The molecule has 3 aromatic rings. The molecule has 4 rings (SSSR count). The zero-order valence-corrected chi connectivity index (χ0v) is 17.7. The van der Waals surface area contributed by atoms with Gasteiger partial charge in [-0.3, -0.25) is 9.52 Å². The Bertz CT molecular complexity index is 997. The fourth-order valence-corrected chi connectivity index (χ4v) is 4.95. The normalized spacial score (nSPS) is 14.4. The first-order valence-electron chi connectivity index (χ1n) is 9.35. The molecule has 7 heteroatoms. The number of thiophene rings is 1. The van der Waals surface area contributed by atoms with Crippen molar-refractivity contribution in [3.8, 4) is 10.4 Å². The van der Waals surface area contributed by atoms with Crippen molar-refractivity contribution in [2.75, 3.05) is 4.72 Å². The van der Waals surface area contributed by atoms with Crippen molar-refractivity contribution in [3.63, 3.8) is 0 Å². The highest BCUT2D eigenvalue weighted by Gasteiger charge is 2.24. The van der Waals surface area contributed by atoms with E-state index >= 15 is 0 Å². The molecule has 5 nitrogen and oxygen atoms in total. The number of rotatable bonds is 6. The molecule has 1 unspecified atom stereocenters. The van der Waals surface area contributed by atoms with Crippen LogP contribution in [0.2, 0.25) is 0 Å². The molecule has 2 aromatic carbocycles. The number of amides is 1. The lowest BCUT2D eigenvalue weighted by Gasteiger charge is -2.26. The van der Waals surface area contributed by atoms with E-state index in [0.717, 1.165) is 35.3 Å². The molecular formula is C22H24N2O3S2. The molecule has 1 heterocycles. The predicted octanol–water partition coefficient (Wildman–Crippen LogP) is 4.32. The maximum atomic E-state index is 12.8. The lowest BCUT2D eigenvalue weighted by atomic mass is 9.93. The third-order valence-electron chi connectivity index (χ3n) is 4.87. The molecule has 29 heavy (non-hydrogen) atoms. The monoisotopic (exact) mass is 428 g/mol. The first kappa shape index (κ1) is 21.2. The van der Waals surface area contributed by atoms with Crippen molar-refractivity contribution in [1.29, 1.82) is 0 Å². The Labute approximate surface area is 177 Å². The standard InChI is InChI=1S/C22H22N2O2S2.H2O/c1-15-10-12-18(13-11-15)28(26)24-19-14-20(16-6-3-2-4-7-16)27-21(19)22(25)23-17-8-5-9-17;/h2-4,6-7,10-14,17,24H,5,8-9H2,1H3,(H,23,25);1H2. The molecule has 1 atom stereocenters. The highest BCUT2D eigenvalue weighted by Crippen LogP contribution is 2.36. The SMILES string of the molecule is Cc1ccc(S(=O)Nc2cc(-c3ccccc3)sc2C(=O)NC2CCC2)cc1.O. The molecule has 0 saturated heterocycles. The van der Waals surface area contributed by atoms with Gasteiger partial charge in [-0.2, -0.15) is 0 Å². The van der Waals surface area contributed by atoms with Crippen LogP contribution in [0.1, 0.15) is 34.5 Å². The number of carbonyl (C=O) groups is 1. The van der Waals surface area contributed by atoms with Gasteiger partial charge in [-0.25, -0.2) is 4.21 Å². The van der Waals surface area contributed by atoms with Crippen LogP contribution in [0.5, 0.6) is 0 Å². The number of carbonyl (C=O) groups excluding carboxylic acids is 1. The van der Waals surface area contributed by atoms with Crippen LogP contribution in [0.25, 0.3) is 10.4 Å². The second kappa shape index (κ2) is 9.35. The van der Waals surface area contributed by atoms with Crippen molar-refractivity contribution in [2.24, 2.45) is 0 Å². The molecule has 0 aliphatic heterocycles. The summed E-state index contributed by atoms with van der Waals surface area (Å²) in [6.45, 7) is 1.99. The van der Waals surface area contributed by atoms with Gasteiger partial charge in [0.25, 0.3) is 5.91 Å². The van der Waals surface area contributed by atoms with Crippen LogP contribution < -0.4 is 10.0 Å². The summed E-state index contributed by atoms with van der Waals surface area (Å²) in [5, 5.41) is 3.09. The van der Waals surface area contributed by atoms with Gasteiger partial charge in [0.15, 0.2) is 0 Å². The first-order valence-corrected chi connectivity index (χ1v) is 11.3. The summed E-state index contributed by atoms with van der Waals surface area (Å²) < 4.78 is 15.9. The second-order valence-corrected chi connectivity index (χ2v) is 9.27. The average Bonchev–Trinajstić information content (AvgIpc) is 3.09. The number of anilines is 1. The zero-order chi connectivity index (χ0) is 19.5. The molecule has 152 valence electrons. The fraction of sp³-hybridized carbons (Fsp3) is 0.227. The van der Waals surface area contributed by atoms with Gasteiger partial charge in [0, 0.05) is 10.9 Å². The highest BCUT2D eigenvalue weighted by atomic mass is 32.2. The van der Waals surface area contributed by atoms with E-state index in [0.29, 0.717) is 15.5 Å². The van der Waals surface area contributed by atoms with E-state index in [1.54, 1.807) is 0 Å². The molecule has 0 spiro atoms. The molecule has 1 saturated carbocycles. The Morgan fingerprint density at radius 1 is 1.07 bits per heavy atom. The number of nitrogens with one attached hydrogen (secondary N) is 2. The average molecular weight is 429 g/mol. The molecule has 1 aliphatic carbocycles. The quantitative estimate of drug-likeness (QED) is 0.612. The minimum Gasteiger partial charge on any atom is -0.412 e. The summed E-state index contributed by atoms with van der Waals surface area (Å²) in [7, 11) is -1.44. The zero-order valence-electron chi connectivity index (χ0n) is 16.1. The maximum absolute atomic E-state index is 12.8. The number of hydrogen-bond acceptors (Lipinski definition) is 3. The van der Waals surface area contributed by atoms with E-state index in [2.05, 4.69) is 10.0 Å². The summed E-state index contributed by atoms with van der Waals surface area (Å²) in [4.78, 5) is 15.1. The van der Waals surface area contributed by atoms with E-state index in [1.807, 2.05) is 67.6 Å². The van der Waals surface area contributed by atoms with Gasteiger partial charge in [0.2, 0.25) is 0 Å². The highest BCUT2D eigenvalue weighted by molar-refractivity contribution is 7.86. The first-order chi connectivity index (χ1) is 13.6. The van der Waals surface area contributed by atoms with Crippen LogP contribution in [0, 0.1) is 6.92 Å². The minimum absolute atomic E-state index is 0. The van der Waals surface area contributed by atoms with Crippen molar-refractivity contribution < 1.29 is 14.5 Å². The van der Waals surface area contributed by atoms with Gasteiger partial charge in [-0.15, -0.1) is 11.3 Å². The minimum atomic E-state index is -1.44. The number of aryl methyl sites for hydroxylation is 1. The van der Waals surface area contributed by atoms with Crippen molar-refractivity contribution in [1.82, 2.24) is 5.32 Å². The fourth-order valence-electron chi connectivity index (χ4n) is 3.00. The van der Waals surface area contributed by atoms with Gasteiger partial charge in [0.1, 0.15) is 15.9 Å². The molecule has 1 amide bonds. The van der Waals surface area contributed by atoms with Crippen LogP contribution >= 0.6 is 11.3 Å². The van der Waals surface area contributed by atoms with Crippen LogP contribution in [-0.2, 0) is 11.0 Å². The third kappa shape index (κ3) is 4.93. The number of hydrogen-bond donors (Lipinski definition) is 2. The molecule has 1 fully saturated rings. The van der Waals surface area contributed by atoms with Crippen LogP contribution in [0.4, 0.5) is 5.69 Å². The van der Waals surface area contributed by atoms with Crippen molar-refractivity contribution in [2.45, 2.75) is 37.1 Å². The van der Waals surface area contributed by atoms with Gasteiger partial charge >= 0.3 is 0 Å². The Kier molecular flexibility index (Phi) is 6.84. The van der Waals surface area contributed by atoms with E-state index in [1.165, 1.54) is 11.3 Å². The molecule has 1 aromatic heterocycles. The third-order valence-corrected chi connectivity index (χ3v) is 7.16. The van der Waals surface area contributed by atoms with Crippen LogP contribution in [-0.4, -0.2) is 21.6 Å². The Hall–Kier alpha value is -2.48. The second-order valence-electron chi connectivity index (χ2n) is 7.00. The molecule has 1 aliphatic rings. The van der Waals surface area contributed by atoms with Gasteiger partial charge in [-0.05, 0) is 49.9 Å². The van der Waals surface area contributed by atoms with Gasteiger partial charge in [0.05, 0.1) is 10.6 Å². The molecule has 0 bridgehead atoms. The topological polar surface area (TPSA) is 89.7 Å². The Balaban J connectivity index is 0.00000240. The summed E-state index contributed by atoms with van der Waals surface area (Å²) in [5.41, 5.74) is 2.77. The van der Waals surface area contributed by atoms with Crippen molar-refractivity contribution in [3.05, 3.63) is 71.1 Å². The molecule has 0 radical (unpaired) electrons. The Morgan fingerprint density at radius 2 is 1.76 bits per heavy atom. The lowest BCUT2D eigenvalue weighted by molar-refractivity contribution is 0.0922. The van der Waals surface area contributed by atoms with E-state index in [4.69, 9.17) is 0 Å². The molecular weight excluding hydrogens is 404 g/mol. The summed E-state index contributed by atoms with van der Waals surface area (Å²) in [5.74, 6) is -0.0970. The van der Waals surface area contributed by atoms with Gasteiger partial charge < -0.3 is 10.8 Å². The lowest BCUT2D eigenvalue weighted by Crippen LogP contribution is -2.39. The largest absolute Gasteiger partial charge is 0.412 e. The summed E-state index contributed by atoms with van der Waals surface area (Å²) >= 11 is 1.43. The molecule has 4 N–H and O–H groups in total. The number of benzene rings is 2. The van der Waals surface area contributed by atoms with Gasteiger partial charge in [-0.1, -0.05) is 48.0 Å². The van der Waals surface area contributed by atoms with E-state index in [9.17, 15) is 9.00 Å². The van der Waals surface area contributed by atoms with Crippen molar-refractivity contribution >= 4 is 33.9 Å². The summed E-state index contributed by atoms with van der Waals surface area (Å²) in [6, 6.07) is 19.7. The summed E-state index contributed by atoms with van der Waals surface area (Å²) in [6.07, 6.45) is 3.22. The van der Waals surface area contributed by atoms with E-state index < -0.39 is 11.0 Å². The Morgan fingerprint density at radius 3 is 2.38 bits per heavy atom. The van der Waals surface area contributed by atoms with Crippen LogP contribution in [0.15, 0.2) is 65.6 Å². The smallest absolute Gasteiger partial charge is 0.263 e. The maximum Gasteiger partial charge on any atom is 0.263 e. The van der Waals surface area contributed by atoms with Crippen LogP contribution in [0.3, 0.4) is 0 Å². The predicted molar refractivity (Wildman–Crippen MR) is 120 cm³/mol. The van der Waals surface area contributed by atoms with E-state index in [-0.39, 0.29) is 17.4 Å².